The summed E-state index contributed by atoms with van der Waals surface area (Å²) in [4.78, 5) is 13.6. The fourth-order valence-electron chi connectivity index (χ4n) is 2.60. The van der Waals surface area contributed by atoms with E-state index in [1.165, 1.54) is 0 Å². The van der Waals surface area contributed by atoms with Gasteiger partial charge in [-0.15, -0.1) is 0 Å². The van der Waals surface area contributed by atoms with Crippen LogP contribution in [0.5, 0.6) is 0 Å². The number of rotatable bonds is 2. The van der Waals surface area contributed by atoms with Gasteiger partial charge in [0.2, 0.25) is 0 Å². The van der Waals surface area contributed by atoms with Crippen molar-refractivity contribution in [2.24, 2.45) is 0 Å². The molecule has 1 aromatic carbocycles. The molecule has 0 radical (unpaired) electrons. The highest BCUT2D eigenvalue weighted by molar-refractivity contribution is 5.67. The Labute approximate surface area is 117 Å². The first-order valence-electron chi connectivity index (χ1n) is 6.77. The summed E-state index contributed by atoms with van der Waals surface area (Å²) in [6, 6.07) is 11.7. The molecule has 2 aliphatic heterocycles. The lowest BCUT2D eigenvalue weighted by molar-refractivity contribution is 0.0765. The smallest absolute Gasteiger partial charge is 0.410 e. The van der Waals surface area contributed by atoms with Crippen molar-refractivity contribution >= 4 is 6.09 Å². The van der Waals surface area contributed by atoms with Crippen LogP contribution in [0.3, 0.4) is 0 Å². The summed E-state index contributed by atoms with van der Waals surface area (Å²) >= 11 is 0. The molecule has 2 fully saturated rings. The van der Waals surface area contributed by atoms with Crippen LogP contribution < -0.4 is 0 Å². The van der Waals surface area contributed by atoms with Gasteiger partial charge in [0.15, 0.2) is 6.10 Å². The fraction of sp³-hybridized carbons (Fsp3) is 0.467. The summed E-state index contributed by atoms with van der Waals surface area (Å²) in [5.74, 6) is 0. The maximum Gasteiger partial charge on any atom is 0.410 e. The predicted molar refractivity (Wildman–Crippen MR) is 70.7 cm³/mol. The van der Waals surface area contributed by atoms with Gasteiger partial charge < -0.3 is 14.4 Å². The van der Waals surface area contributed by atoms with Gasteiger partial charge >= 0.3 is 6.09 Å². The van der Waals surface area contributed by atoms with E-state index in [9.17, 15) is 4.79 Å². The minimum atomic E-state index is -0.294. The van der Waals surface area contributed by atoms with Gasteiger partial charge in [-0.1, -0.05) is 30.3 Å². The fourth-order valence-corrected chi connectivity index (χ4v) is 2.60. The van der Waals surface area contributed by atoms with Crippen molar-refractivity contribution in [3.63, 3.8) is 0 Å². The molecular formula is C15H16N2O3. The number of nitrogens with zero attached hydrogens (tertiary/aromatic N) is 2. The Morgan fingerprint density at radius 3 is 2.70 bits per heavy atom. The van der Waals surface area contributed by atoms with Crippen LogP contribution in [0.1, 0.15) is 18.4 Å². The highest BCUT2D eigenvalue weighted by Crippen LogP contribution is 2.44. The molecule has 0 saturated carbocycles. The van der Waals surface area contributed by atoms with E-state index in [2.05, 4.69) is 6.07 Å². The van der Waals surface area contributed by atoms with E-state index in [1.54, 1.807) is 4.90 Å². The molecule has 1 unspecified atom stereocenters. The maximum absolute atomic E-state index is 12.0. The molecule has 0 aliphatic carbocycles. The number of hydrogen-bond acceptors (Lipinski definition) is 4. The molecule has 1 aromatic rings. The van der Waals surface area contributed by atoms with Gasteiger partial charge in [0.1, 0.15) is 12.2 Å². The third kappa shape index (κ3) is 2.47. The summed E-state index contributed by atoms with van der Waals surface area (Å²) in [6.45, 7) is 1.47. The average Bonchev–Trinajstić information content (AvgIpc) is 3.19. The van der Waals surface area contributed by atoms with Gasteiger partial charge in [0.05, 0.1) is 6.07 Å². The molecule has 1 amide bonds. The molecule has 104 valence electrons. The molecule has 1 atom stereocenters. The molecule has 5 heteroatoms. The van der Waals surface area contributed by atoms with Gasteiger partial charge in [-0.05, 0) is 18.4 Å². The molecule has 2 heterocycles. The first kappa shape index (κ1) is 12.9. The van der Waals surface area contributed by atoms with E-state index >= 15 is 0 Å². The van der Waals surface area contributed by atoms with Crippen LogP contribution in [0.4, 0.5) is 4.79 Å². The molecule has 2 aliphatic rings. The molecule has 3 rings (SSSR count). The van der Waals surface area contributed by atoms with Gasteiger partial charge in [-0.3, -0.25) is 0 Å². The zero-order chi connectivity index (χ0) is 14.0. The SMILES string of the molecule is N#CC1OC12CCN(C(=O)OCc1ccccc1)CC2. The zero-order valence-corrected chi connectivity index (χ0v) is 11.1. The Hall–Kier alpha value is -2.06. The Morgan fingerprint density at radius 2 is 2.10 bits per heavy atom. The minimum Gasteiger partial charge on any atom is -0.445 e. The first-order chi connectivity index (χ1) is 9.73. The van der Waals surface area contributed by atoms with Crippen molar-refractivity contribution in [1.82, 2.24) is 4.90 Å². The van der Waals surface area contributed by atoms with Crippen LogP contribution in [-0.4, -0.2) is 35.8 Å². The Morgan fingerprint density at radius 1 is 1.40 bits per heavy atom. The Balaban J connectivity index is 1.47. The number of nitriles is 1. The third-order valence-electron chi connectivity index (χ3n) is 3.96. The maximum atomic E-state index is 12.0. The van der Waals surface area contributed by atoms with Crippen LogP contribution in [0.2, 0.25) is 0 Å². The van der Waals surface area contributed by atoms with Crippen LogP contribution in [0.25, 0.3) is 0 Å². The van der Waals surface area contributed by atoms with Gasteiger partial charge in [0, 0.05) is 13.1 Å². The lowest BCUT2D eigenvalue weighted by atomic mass is 9.94. The zero-order valence-electron chi connectivity index (χ0n) is 11.1. The van der Waals surface area contributed by atoms with Crippen LogP contribution in [0.15, 0.2) is 30.3 Å². The molecule has 1 spiro atoms. The van der Waals surface area contributed by atoms with Crippen molar-refractivity contribution in [1.29, 1.82) is 5.26 Å². The standard InChI is InChI=1S/C15H16N2O3/c16-10-13-15(20-13)6-8-17(9-7-15)14(18)19-11-12-4-2-1-3-5-12/h1-5,13H,6-9,11H2. The summed E-state index contributed by atoms with van der Waals surface area (Å²) in [5, 5.41) is 8.83. The molecule has 5 nitrogen and oxygen atoms in total. The monoisotopic (exact) mass is 272 g/mol. The lowest BCUT2D eigenvalue weighted by Crippen LogP contribution is -2.42. The van der Waals surface area contributed by atoms with Gasteiger partial charge in [-0.2, -0.15) is 5.26 Å². The second kappa shape index (κ2) is 5.14. The molecule has 0 bridgehead atoms. The minimum absolute atomic E-state index is 0.287. The van der Waals surface area contributed by atoms with E-state index < -0.39 is 0 Å². The summed E-state index contributed by atoms with van der Waals surface area (Å²) in [5.41, 5.74) is 0.690. The van der Waals surface area contributed by atoms with E-state index in [0.29, 0.717) is 32.5 Å². The number of benzene rings is 1. The third-order valence-corrected chi connectivity index (χ3v) is 3.96. The molecule has 0 N–H and O–H groups in total. The normalized spacial score (nSPS) is 23.1. The number of epoxide rings is 1. The topological polar surface area (TPSA) is 65.9 Å². The Kier molecular flexibility index (Phi) is 3.33. The predicted octanol–water partition coefficient (Wildman–Crippen LogP) is 2.08. The van der Waals surface area contributed by atoms with Crippen LogP contribution in [-0.2, 0) is 16.1 Å². The summed E-state index contributed by atoms with van der Waals surface area (Å²) in [7, 11) is 0. The van der Waals surface area contributed by atoms with Crippen molar-refractivity contribution < 1.29 is 14.3 Å². The number of likely N-dealkylation sites (tertiary alicyclic amines) is 1. The second-order valence-corrected chi connectivity index (χ2v) is 5.22. The highest BCUT2D eigenvalue weighted by atomic mass is 16.6. The number of carbonyl (C=O) groups excluding carboxylic acids is 1. The number of ether oxygens (including phenoxy) is 2. The van der Waals surface area contributed by atoms with Crippen molar-refractivity contribution in [2.45, 2.75) is 31.2 Å². The number of carbonyl (C=O) groups is 1. The van der Waals surface area contributed by atoms with E-state index in [-0.39, 0.29) is 17.8 Å². The van der Waals surface area contributed by atoms with Crippen molar-refractivity contribution in [3.8, 4) is 6.07 Å². The van der Waals surface area contributed by atoms with Crippen molar-refractivity contribution in [2.75, 3.05) is 13.1 Å². The first-order valence-corrected chi connectivity index (χ1v) is 6.77. The lowest BCUT2D eigenvalue weighted by Gasteiger charge is -2.29. The second-order valence-electron chi connectivity index (χ2n) is 5.22. The Bertz CT molecular complexity index is 530. The summed E-state index contributed by atoms with van der Waals surface area (Å²) in [6.07, 6.45) is 0.847. The van der Waals surface area contributed by atoms with Crippen molar-refractivity contribution in [3.05, 3.63) is 35.9 Å². The van der Waals surface area contributed by atoms with E-state index in [1.807, 2.05) is 30.3 Å². The molecule has 0 aromatic heterocycles. The van der Waals surface area contributed by atoms with Crippen LogP contribution >= 0.6 is 0 Å². The quantitative estimate of drug-likeness (QED) is 0.773. The largest absolute Gasteiger partial charge is 0.445 e. The van der Waals surface area contributed by atoms with Gasteiger partial charge in [0.25, 0.3) is 0 Å². The average molecular weight is 272 g/mol. The molecular weight excluding hydrogens is 256 g/mol. The van der Waals surface area contributed by atoms with Gasteiger partial charge in [-0.25, -0.2) is 4.79 Å². The highest BCUT2D eigenvalue weighted by Gasteiger charge is 2.58. The molecule has 2 saturated heterocycles. The molecule has 20 heavy (non-hydrogen) atoms. The summed E-state index contributed by atoms with van der Waals surface area (Å²) < 4.78 is 10.7. The van der Waals surface area contributed by atoms with E-state index in [4.69, 9.17) is 14.7 Å². The van der Waals surface area contributed by atoms with Crippen LogP contribution in [0, 0.1) is 11.3 Å². The van der Waals surface area contributed by atoms with E-state index in [0.717, 1.165) is 5.56 Å². The number of hydrogen-bond donors (Lipinski definition) is 0. The number of amides is 1. The number of piperidine rings is 1.